The fourth-order valence-electron chi connectivity index (χ4n) is 0. The van der Waals surface area contributed by atoms with Crippen molar-refractivity contribution < 1.29 is 29.7 Å². The Morgan fingerprint density at radius 3 is 0.750 bits per heavy atom. The zero-order chi connectivity index (χ0) is 12.9. The summed E-state index contributed by atoms with van der Waals surface area (Å²) in [4.78, 5) is 27.7. The number of carboxylic acids is 3. The maximum Gasteiger partial charge on any atom is 0.317 e. The van der Waals surface area contributed by atoms with Crippen LogP contribution in [0.3, 0.4) is 0 Å². The van der Waals surface area contributed by atoms with Gasteiger partial charge in [0.05, 0.1) is 19.6 Å². The number of carboxylic acid groups (broad SMARTS) is 3. The van der Waals surface area contributed by atoms with Crippen LogP contribution in [0, 0.1) is 0 Å². The molecule has 0 fully saturated rings. The third-order valence-corrected chi connectivity index (χ3v) is 0.524. The molecule has 2 radical (unpaired) electrons. The number of hydrogen-bond acceptors (Lipinski definition) is 6. The van der Waals surface area contributed by atoms with Gasteiger partial charge in [0.25, 0.3) is 0 Å². The van der Waals surface area contributed by atoms with E-state index in [9.17, 15) is 14.4 Å². The summed E-state index contributed by atoms with van der Waals surface area (Å²) in [6.07, 6.45) is 0. The van der Waals surface area contributed by atoms with Gasteiger partial charge in [-0.2, -0.15) is 0 Å². The minimum Gasteiger partial charge on any atom is -0.480 e. The van der Waals surface area contributed by atoms with Crippen molar-refractivity contribution >= 4 is 55.6 Å². The number of nitrogens with two attached hydrogens (primary N) is 3. The van der Waals surface area contributed by atoms with Gasteiger partial charge in [-0.15, -0.1) is 0 Å². The number of hydrogen-bond donors (Lipinski definition) is 6. The first-order valence-corrected chi connectivity index (χ1v) is 3.57. The average molecular weight is 265 g/mol. The van der Waals surface area contributed by atoms with Crippen molar-refractivity contribution in [3.05, 3.63) is 0 Å². The molecule has 0 aromatic carbocycles. The van der Waals surface area contributed by atoms with E-state index < -0.39 is 17.9 Å². The minimum atomic E-state index is -0.968. The van der Waals surface area contributed by atoms with Crippen LogP contribution in [0.15, 0.2) is 0 Å². The van der Waals surface area contributed by atoms with E-state index in [1.807, 2.05) is 0 Å². The summed E-state index contributed by atoms with van der Waals surface area (Å²) in [6.45, 7) is -0.833. The first kappa shape index (κ1) is 24.7. The molecule has 0 rings (SSSR count). The standard InChI is InChI=1S/3C2H5NO2.Ca/c3*3-1-2(4)5;/h3*1,3H2,(H,4,5);. The van der Waals surface area contributed by atoms with Crippen LogP contribution in [-0.4, -0.2) is 90.6 Å². The zero-order valence-corrected chi connectivity index (χ0v) is 10.8. The molecule has 0 unspecified atom stereocenters. The fourth-order valence-corrected chi connectivity index (χ4v) is 0. The monoisotopic (exact) mass is 265 g/mol. The van der Waals surface area contributed by atoms with E-state index in [-0.39, 0.29) is 57.4 Å². The van der Waals surface area contributed by atoms with Gasteiger partial charge in [0.1, 0.15) is 0 Å². The van der Waals surface area contributed by atoms with Crippen LogP contribution in [0.2, 0.25) is 0 Å². The SMILES string of the molecule is NCC(=O)O.NCC(=O)O.NCC(=O)O.[Ca]. The molecule has 9 nitrogen and oxygen atoms in total. The van der Waals surface area contributed by atoms with Crippen molar-refractivity contribution in [1.82, 2.24) is 0 Å². The molecular weight excluding hydrogens is 250 g/mol. The maximum absolute atomic E-state index is 9.24. The Kier molecular flexibility index (Phi) is 30.9. The molecule has 10 heteroatoms. The van der Waals surface area contributed by atoms with E-state index in [1.54, 1.807) is 0 Å². The number of rotatable bonds is 3. The van der Waals surface area contributed by atoms with Crippen molar-refractivity contribution in [3.8, 4) is 0 Å². The van der Waals surface area contributed by atoms with E-state index in [1.165, 1.54) is 0 Å². The second kappa shape index (κ2) is 20.0. The van der Waals surface area contributed by atoms with Gasteiger partial charge in [-0.1, -0.05) is 0 Å². The first-order chi connectivity index (χ1) is 6.81. The summed E-state index contributed by atoms with van der Waals surface area (Å²) in [7, 11) is 0. The Bertz CT molecular complexity index is 167. The smallest absolute Gasteiger partial charge is 0.317 e. The molecule has 0 saturated carbocycles. The van der Waals surface area contributed by atoms with Crippen molar-refractivity contribution in [2.24, 2.45) is 17.2 Å². The van der Waals surface area contributed by atoms with Crippen LogP contribution >= 0.6 is 0 Å². The molecule has 92 valence electrons. The van der Waals surface area contributed by atoms with Crippen molar-refractivity contribution in [2.75, 3.05) is 19.6 Å². The molecule has 0 aliphatic carbocycles. The minimum absolute atomic E-state index is 0. The summed E-state index contributed by atoms with van der Waals surface area (Å²) in [6, 6.07) is 0. The molecule has 0 atom stereocenters. The summed E-state index contributed by atoms with van der Waals surface area (Å²) < 4.78 is 0. The Labute approximate surface area is 122 Å². The second-order valence-corrected chi connectivity index (χ2v) is 1.79. The second-order valence-electron chi connectivity index (χ2n) is 1.79. The first-order valence-electron chi connectivity index (χ1n) is 3.57. The van der Waals surface area contributed by atoms with Crippen LogP contribution in [0.4, 0.5) is 0 Å². The van der Waals surface area contributed by atoms with Crippen molar-refractivity contribution in [2.45, 2.75) is 0 Å². The van der Waals surface area contributed by atoms with Gasteiger partial charge in [-0.05, 0) is 0 Å². The average Bonchev–Trinajstić information content (AvgIpc) is 2.19. The summed E-state index contributed by atoms with van der Waals surface area (Å²) >= 11 is 0. The van der Waals surface area contributed by atoms with Gasteiger partial charge >= 0.3 is 17.9 Å². The van der Waals surface area contributed by atoms with Crippen LogP contribution in [0.1, 0.15) is 0 Å². The molecule has 0 bridgehead atoms. The molecule has 0 amide bonds. The number of aliphatic carboxylic acids is 3. The summed E-state index contributed by atoms with van der Waals surface area (Å²) in [5, 5.41) is 22.8. The van der Waals surface area contributed by atoms with Gasteiger partial charge in [-0.25, -0.2) is 0 Å². The molecule has 9 N–H and O–H groups in total. The fraction of sp³-hybridized carbons (Fsp3) is 0.500. The molecule has 0 spiro atoms. The van der Waals surface area contributed by atoms with Crippen LogP contribution in [0.25, 0.3) is 0 Å². The quantitative estimate of drug-likeness (QED) is 0.284. The summed E-state index contributed by atoms with van der Waals surface area (Å²) in [5.41, 5.74) is 13.7. The van der Waals surface area contributed by atoms with E-state index in [0.29, 0.717) is 0 Å². The van der Waals surface area contributed by atoms with Gasteiger partial charge in [-0.3, -0.25) is 14.4 Å². The zero-order valence-electron chi connectivity index (χ0n) is 8.63. The predicted octanol–water partition coefficient (Wildman–Crippen LogP) is -3.29. The Morgan fingerprint density at radius 2 is 0.750 bits per heavy atom. The van der Waals surface area contributed by atoms with Crippen molar-refractivity contribution in [3.63, 3.8) is 0 Å². The third kappa shape index (κ3) is 69.3. The number of carbonyl (C=O) groups is 3. The predicted molar refractivity (Wildman–Crippen MR) is 55.8 cm³/mol. The molecule has 0 saturated heterocycles. The van der Waals surface area contributed by atoms with Crippen LogP contribution < -0.4 is 17.2 Å². The third-order valence-electron chi connectivity index (χ3n) is 0.524. The van der Waals surface area contributed by atoms with E-state index in [2.05, 4.69) is 17.2 Å². The van der Waals surface area contributed by atoms with E-state index in [4.69, 9.17) is 15.3 Å². The Balaban J connectivity index is -0.0000000655. The van der Waals surface area contributed by atoms with Gasteiger partial charge in [0.15, 0.2) is 0 Å². The molecule has 0 aliphatic rings. The van der Waals surface area contributed by atoms with E-state index in [0.717, 1.165) is 0 Å². The molecule has 0 aliphatic heterocycles. The molecule has 0 heterocycles. The normalized spacial score (nSPS) is 6.94. The molecule has 0 aromatic rings. The van der Waals surface area contributed by atoms with Crippen LogP contribution in [-0.2, 0) is 14.4 Å². The molecule has 16 heavy (non-hydrogen) atoms. The summed E-state index contributed by atoms with van der Waals surface area (Å²) in [5.74, 6) is -2.90. The van der Waals surface area contributed by atoms with Crippen molar-refractivity contribution in [1.29, 1.82) is 0 Å². The molecule has 0 aromatic heterocycles. The Morgan fingerprint density at radius 1 is 0.688 bits per heavy atom. The van der Waals surface area contributed by atoms with Crippen LogP contribution in [0.5, 0.6) is 0 Å². The maximum atomic E-state index is 9.24. The largest absolute Gasteiger partial charge is 0.480 e. The Hall–Kier alpha value is -0.450. The topological polar surface area (TPSA) is 190 Å². The molecular formula is C6H15CaN3O6. The van der Waals surface area contributed by atoms with E-state index >= 15 is 0 Å². The van der Waals surface area contributed by atoms with Gasteiger partial charge < -0.3 is 32.5 Å². The van der Waals surface area contributed by atoms with Gasteiger partial charge in [0, 0.05) is 37.7 Å². The van der Waals surface area contributed by atoms with Gasteiger partial charge in [0.2, 0.25) is 0 Å².